The van der Waals surface area contributed by atoms with Crippen LogP contribution in [0.5, 0.6) is 0 Å². The topological polar surface area (TPSA) is 85.0 Å². The van der Waals surface area contributed by atoms with E-state index < -0.39 is 0 Å². The number of hydrogen-bond acceptors (Lipinski definition) is 7. The van der Waals surface area contributed by atoms with Gasteiger partial charge >= 0.3 is 0 Å². The lowest BCUT2D eigenvalue weighted by Gasteiger charge is -2.32. The number of carbonyl (C=O) groups is 1. The van der Waals surface area contributed by atoms with Crippen molar-refractivity contribution in [3.63, 3.8) is 0 Å². The molecule has 0 saturated carbocycles. The van der Waals surface area contributed by atoms with E-state index in [0.29, 0.717) is 22.2 Å². The van der Waals surface area contributed by atoms with Gasteiger partial charge in [0.05, 0.1) is 16.4 Å². The summed E-state index contributed by atoms with van der Waals surface area (Å²) in [5.41, 5.74) is 9.13. The van der Waals surface area contributed by atoms with Crippen molar-refractivity contribution < 1.29 is 4.79 Å². The van der Waals surface area contributed by atoms with Crippen LogP contribution in [-0.4, -0.2) is 38.8 Å². The van der Waals surface area contributed by atoms with Crippen molar-refractivity contribution in [2.24, 2.45) is 0 Å². The molecule has 0 unspecified atom stereocenters. The summed E-state index contributed by atoms with van der Waals surface area (Å²) in [6.45, 7) is 1.48. The number of fused-ring (bicyclic) bond motifs is 1. The van der Waals surface area contributed by atoms with Crippen LogP contribution in [0.2, 0.25) is 0 Å². The first-order chi connectivity index (χ1) is 11.2. The Morgan fingerprint density at radius 3 is 3.09 bits per heavy atom. The lowest BCUT2D eigenvalue weighted by Crippen LogP contribution is -2.39. The zero-order valence-corrected chi connectivity index (χ0v) is 13.9. The number of nitrogens with two attached hydrogens (primary N) is 1. The molecule has 8 heteroatoms. The Bertz CT molecular complexity index is 845. The Kier molecular flexibility index (Phi) is 3.70. The number of aromatic nitrogens is 3. The van der Waals surface area contributed by atoms with Gasteiger partial charge in [0, 0.05) is 24.7 Å². The predicted molar refractivity (Wildman–Crippen MR) is 91.8 cm³/mol. The monoisotopic (exact) mass is 345 g/mol. The number of pyridine rings is 1. The third-order valence-electron chi connectivity index (χ3n) is 4.06. The molecule has 3 aromatic rings. The standard InChI is InChI=1S/C15H15N5OS2/c16-15-19-13-11(23-15)4-3-10(18-13)9-2-1-5-20(7-9)14(21)12-6-17-8-22-12/h3-4,6,8-9H,1-2,5,7H2,(H2,16,18,19)/t9-/m0/s1. The summed E-state index contributed by atoms with van der Waals surface area (Å²) in [5.74, 6) is 0.309. The molecule has 23 heavy (non-hydrogen) atoms. The Labute approximate surface area is 141 Å². The fourth-order valence-corrected chi connectivity index (χ4v) is 4.22. The number of anilines is 1. The molecule has 1 aliphatic heterocycles. The second-order valence-electron chi connectivity index (χ2n) is 5.57. The molecule has 6 nitrogen and oxygen atoms in total. The predicted octanol–water partition coefficient (Wildman–Crippen LogP) is 2.75. The molecule has 1 saturated heterocycles. The van der Waals surface area contributed by atoms with Gasteiger partial charge in [-0.05, 0) is 25.0 Å². The number of amides is 1. The molecule has 1 atom stereocenters. The van der Waals surface area contributed by atoms with Gasteiger partial charge in [0.2, 0.25) is 0 Å². The molecule has 0 aliphatic carbocycles. The van der Waals surface area contributed by atoms with Crippen LogP contribution in [0.15, 0.2) is 23.8 Å². The van der Waals surface area contributed by atoms with E-state index >= 15 is 0 Å². The molecule has 2 N–H and O–H groups in total. The van der Waals surface area contributed by atoms with E-state index in [2.05, 4.69) is 15.0 Å². The molecule has 0 bridgehead atoms. The molecule has 1 aliphatic rings. The van der Waals surface area contributed by atoms with Crippen molar-refractivity contribution in [3.05, 3.63) is 34.4 Å². The fourth-order valence-electron chi connectivity index (χ4n) is 2.96. The minimum atomic E-state index is 0.0659. The molecule has 1 amide bonds. The zero-order valence-electron chi connectivity index (χ0n) is 12.3. The summed E-state index contributed by atoms with van der Waals surface area (Å²) in [4.78, 5) is 28.0. The first kappa shape index (κ1) is 14.5. The van der Waals surface area contributed by atoms with Crippen molar-refractivity contribution in [2.75, 3.05) is 18.8 Å². The van der Waals surface area contributed by atoms with Gasteiger partial charge in [-0.1, -0.05) is 11.3 Å². The third kappa shape index (κ3) is 2.79. The van der Waals surface area contributed by atoms with Gasteiger partial charge in [0.25, 0.3) is 5.91 Å². The van der Waals surface area contributed by atoms with Crippen LogP contribution in [-0.2, 0) is 0 Å². The summed E-state index contributed by atoms with van der Waals surface area (Å²) in [7, 11) is 0. The molecule has 4 heterocycles. The van der Waals surface area contributed by atoms with Crippen LogP contribution in [0.3, 0.4) is 0 Å². The van der Waals surface area contributed by atoms with Crippen LogP contribution in [0.1, 0.15) is 34.1 Å². The highest BCUT2D eigenvalue weighted by molar-refractivity contribution is 7.21. The van der Waals surface area contributed by atoms with Gasteiger partial charge < -0.3 is 10.6 Å². The summed E-state index contributed by atoms with van der Waals surface area (Å²) in [5, 5.41) is 0.537. The summed E-state index contributed by atoms with van der Waals surface area (Å²) >= 11 is 2.83. The van der Waals surface area contributed by atoms with Crippen LogP contribution in [0.4, 0.5) is 5.13 Å². The van der Waals surface area contributed by atoms with Crippen molar-refractivity contribution in [3.8, 4) is 0 Å². The summed E-state index contributed by atoms with van der Waals surface area (Å²) in [6, 6.07) is 4.06. The second kappa shape index (κ2) is 5.86. The van der Waals surface area contributed by atoms with Crippen LogP contribution in [0.25, 0.3) is 10.3 Å². The molecular formula is C15H15N5OS2. The van der Waals surface area contributed by atoms with Gasteiger partial charge in [0.15, 0.2) is 10.8 Å². The number of carbonyl (C=O) groups excluding carboxylic acids is 1. The highest BCUT2D eigenvalue weighted by Gasteiger charge is 2.27. The number of thiazole rings is 2. The Morgan fingerprint density at radius 1 is 1.35 bits per heavy atom. The van der Waals surface area contributed by atoms with E-state index in [-0.39, 0.29) is 11.8 Å². The lowest BCUT2D eigenvalue weighted by molar-refractivity contribution is 0.0710. The van der Waals surface area contributed by atoms with E-state index in [4.69, 9.17) is 5.73 Å². The van der Waals surface area contributed by atoms with Crippen molar-refractivity contribution in [1.82, 2.24) is 19.9 Å². The maximum Gasteiger partial charge on any atom is 0.265 e. The average molecular weight is 345 g/mol. The van der Waals surface area contributed by atoms with Crippen LogP contribution in [0, 0.1) is 0 Å². The van der Waals surface area contributed by atoms with E-state index in [1.807, 2.05) is 17.0 Å². The number of rotatable bonds is 2. The van der Waals surface area contributed by atoms with Crippen LogP contribution < -0.4 is 5.73 Å². The lowest BCUT2D eigenvalue weighted by atomic mass is 9.94. The molecule has 3 aromatic heterocycles. The number of piperidine rings is 1. The van der Waals surface area contributed by atoms with E-state index in [0.717, 1.165) is 29.8 Å². The summed E-state index contributed by atoms with van der Waals surface area (Å²) in [6.07, 6.45) is 3.65. The van der Waals surface area contributed by atoms with E-state index in [1.165, 1.54) is 22.7 Å². The molecule has 1 fully saturated rings. The van der Waals surface area contributed by atoms with Gasteiger partial charge in [-0.3, -0.25) is 9.78 Å². The fraction of sp³-hybridized carbons (Fsp3) is 0.333. The first-order valence-corrected chi connectivity index (χ1v) is 9.11. The van der Waals surface area contributed by atoms with Gasteiger partial charge in [-0.25, -0.2) is 9.97 Å². The Hall–Kier alpha value is -2.06. The zero-order chi connectivity index (χ0) is 15.8. The second-order valence-corrected chi connectivity index (χ2v) is 7.51. The molecule has 118 valence electrons. The minimum Gasteiger partial charge on any atom is -0.375 e. The van der Waals surface area contributed by atoms with Crippen molar-refractivity contribution in [1.29, 1.82) is 0 Å². The summed E-state index contributed by atoms with van der Waals surface area (Å²) < 4.78 is 1.000. The quantitative estimate of drug-likeness (QED) is 0.772. The SMILES string of the molecule is Nc1nc2nc([C@H]3CCCN(C(=O)c4cncs4)C3)ccc2s1. The smallest absolute Gasteiger partial charge is 0.265 e. The molecule has 4 rings (SSSR count). The largest absolute Gasteiger partial charge is 0.375 e. The third-order valence-corrected chi connectivity index (χ3v) is 5.66. The van der Waals surface area contributed by atoms with Gasteiger partial charge in [-0.2, -0.15) is 0 Å². The highest BCUT2D eigenvalue weighted by atomic mass is 32.1. The maximum absolute atomic E-state index is 12.5. The highest BCUT2D eigenvalue weighted by Crippen LogP contribution is 2.30. The molecule has 0 aromatic carbocycles. The number of likely N-dealkylation sites (tertiary alicyclic amines) is 1. The number of hydrogen-bond donors (Lipinski definition) is 1. The van der Waals surface area contributed by atoms with Gasteiger partial charge in [-0.15, -0.1) is 11.3 Å². The Morgan fingerprint density at radius 2 is 2.26 bits per heavy atom. The first-order valence-electron chi connectivity index (χ1n) is 7.41. The average Bonchev–Trinajstić information content (AvgIpc) is 3.22. The molecule has 0 radical (unpaired) electrons. The molecular weight excluding hydrogens is 330 g/mol. The van der Waals surface area contributed by atoms with Crippen molar-refractivity contribution >= 4 is 44.1 Å². The number of nitrogens with zero attached hydrogens (tertiary/aromatic N) is 4. The van der Waals surface area contributed by atoms with Crippen LogP contribution >= 0.6 is 22.7 Å². The minimum absolute atomic E-state index is 0.0659. The Balaban J connectivity index is 1.57. The number of nitrogen functional groups attached to an aromatic ring is 1. The van der Waals surface area contributed by atoms with E-state index in [9.17, 15) is 4.79 Å². The maximum atomic E-state index is 12.5. The van der Waals surface area contributed by atoms with E-state index in [1.54, 1.807) is 11.7 Å². The molecule has 0 spiro atoms. The normalized spacial score (nSPS) is 18.4. The van der Waals surface area contributed by atoms with Crippen molar-refractivity contribution in [2.45, 2.75) is 18.8 Å². The van der Waals surface area contributed by atoms with Gasteiger partial charge in [0.1, 0.15) is 4.88 Å².